The molecule has 0 aliphatic carbocycles. The molecule has 2 N–H and O–H groups in total. The number of rotatable bonds is 6. The fourth-order valence-electron chi connectivity index (χ4n) is 2.35. The van der Waals surface area contributed by atoms with Crippen LogP contribution in [0.15, 0.2) is 17.5 Å². The number of carbonyl (C=O) groups excluding carboxylic acids is 2. The van der Waals surface area contributed by atoms with Crippen molar-refractivity contribution in [1.82, 2.24) is 14.9 Å². The quantitative estimate of drug-likeness (QED) is 0.714. The minimum atomic E-state index is -3.28. The summed E-state index contributed by atoms with van der Waals surface area (Å²) in [5, 5.41) is 7.20. The van der Waals surface area contributed by atoms with Crippen LogP contribution in [-0.2, 0) is 19.6 Å². The molecule has 0 spiro atoms. The van der Waals surface area contributed by atoms with Crippen molar-refractivity contribution in [2.75, 3.05) is 32.5 Å². The van der Waals surface area contributed by atoms with Gasteiger partial charge in [-0.1, -0.05) is 6.07 Å². The molecule has 140 valence electrons. The van der Waals surface area contributed by atoms with Crippen LogP contribution in [0.1, 0.15) is 23.5 Å². The average Bonchev–Trinajstić information content (AvgIpc) is 3.06. The van der Waals surface area contributed by atoms with E-state index in [4.69, 9.17) is 4.74 Å². The van der Waals surface area contributed by atoms with E-state index in [0.29, 0.717) is 11.4 Å². The van der Waals surface area contributed by atoms with Gasteiger partial charge in [0.2, 0.25) is 15.9 Å². The van der Waals surface area contributed by atoms with Crippen LogP contribution < -0.4 is 10.6 Å². The van der Waals surface area contributed by atoms with Gasteiger partial charge >= 0.3 is 0 Å². The molecule has 0 radical (unpaired) electrons. The topological polar surface area (TPSA) is 105 Å². The van der Waals surface area contributed by atoms with Crippen molar-refractivity contribution >= 4 is 33.2 Å². The molecule has 1 atom stereocenters. The average molecular weight is 389 g/mol. The molecule has 0 bridgehead atoms. The number of nitrogens with one attached hydrogen (secondary N) is 2. The van der Waals surface area contributed by atoms with Crippen LogP contribution in [0.5, 0.6) is 0 Å². The van der Waals surface area contributed by atoms with Crippen molar-refractivity contribution in [3.05, 3.63) is 22.4 Å². The van der Waals surface area contributed by atoms with E-state index in [-0.39, 0.29) is 31.5 Å². The van der Waals surface area contributed by atoms with Crippen molar-refractivity contribution in [1.29, 1.82) is 0 Å². The Morgan fingerprint density at radius 1 is 1.44 bits per heavy atom. The van der Waals surface area contributed by atoms with E-state index in [0.717, 1.165) is 6.26 Å². The Hall–Kier alpha value is -1.49. The highest BCUT2D eigenvalue weighted by molar-refractivity contribution is 7.88. The summed E-state index contributed by atoms with van der Waals surface area (Å²) in [6, 6.07) is 3.45. The molecule has 10 heteroatoms. The predicted molar refractivity (Wildman–Crippen MR) is 95.0 cm³/mol. The Balaban J connectivity index is 1.87. The SMILES string of the molecule is CC(C)(NC(=O)c1cccs1)C(=O)NC[C@@H]1CN(S(C)(=O)=O)CCO1. The number of carbonyl (C=O) groups is 2. The first-order chi connectivity index (χ1) is 11.6. The van der Waals surface area contributed by atoms with Gasteiger partial charge in [0.15, 0.2) is 0 Å². The molecule has 8 nitrogen and oxygen atoms in total. The van der Waals surface area contributed by atoms with Gasteiger partial charge in [-0.2, -0.15) is 4.31 Å². The summed E-state index contributed by atoms with van der Waals surface area (Å²) in [6.45, 7) is 4.18. The van der Waals surface area contributed by atoms with E-state index in [1.54, 1.807) is 31.4 Å². The molecule has 2 heterocycles. The van der Waals surface area contributed by atoms with Crippen LogP contribution in [0.3, 0.4) is 0 Å². The van der Waals surface area contributed by atoms with Crippen molar-refractivity contribution in [2.45, 2.75) is 25.5 Å². The molecule has 0 aromatic carbocycles. The maximum atomic E-state index is 12.4. The van der Waals surface area contributed by atoms with Gasteiger partial charge in [0.1, 0.15) is 5.54 Å². The number of hydrogen-bond donors (Lipinski definition) is 2. The first-order valence-electron chi connectivity index (χ1n) is 7.80. The lowest BCUT2D eigenvalue weighted by Gasteiger charge is -2.32. The Kier molecular flexibility index (Phi) is 6.20. The number of sulfonamides is 1. The third-order valence-electron chi connectivity index (χ3n) is 3.80. The molecule has 1 aliphatic rings. The van der Waals surface area contributed by atoms with E-state index in [1.165, 1.54) is 15.6 Å². The van der Waals surface area contributed by atoms with Gasteiger partial charge in [-0.25, -0.2) is 8.42 Å². The number of thiophene rings is 1. The second-order valence-electron chi connectivity index (χ2n) is 6.38. The summed E-state index contributed by atoms with van der Waals surface area (Å²) in [6.07, 6.45) is 0.730. The Labute approximate surface area is 151 Å². The third-order valence-corrected chi connectivity index (χ3v) is 5.94. The number of nitrogens with zero attached hydrogens (tertiary/aromatic N) is 1. The van der Waals surface area contributed by atoms with Crippen LogP contribution in [0.25, 0.3) is 0 Å². The summed E-state index contributed by atoms with van der Waals surface area (Å²) in [5.41, 5.74) is -1.10. The highest BCUT2D eigenvalue weighted by Crippen LogP contribution is 2.12. The zero-order valence-electron chi connectivity index (χ0n) is 14.4. The molecular formula is C15H23N3O5S2. The van der Waals surface area contributed by atoms with Crippen molar-refractivity contribution < 1.29 is 22.7 Å². The van der Waals surface area contributed by atoms with Gasteiger partial charge in [0.05, 0.1) is 23.8 Å². The minimum absolute atomic E-state index is 0.170. The summed E-state index contributed by atoms with van der Waals surface area (Å²) < 4.78 is 30.0. The molecule has 1 aromatic rings. The lowest BCUT2D eigenvalue weighted by Crippen LogP contribution is -2.57. The van der Waals surface area contributed by atoms with Gasteiger partial charge in [-0.05, 0) is 25.3 Å². The zero-order chi connectivity index (χ0) is 18.7. The Morgan fingerprint density at radius 2 is 2.16 bits per heavy atom. The van der Waals surface area contributed by atoms with Crippen LogP contribution in [-0.4, -0.2) is 68.7 Å². The third kappa shape index (κ3) is 5.50. The van der Waals surface area contributed by atoms with E-state index >= 15 is 0 Å². The number of amides is 2. The molecule has 2 rings (SSSR count). The van der Waals surface area contributed by atoms with Crippen molar-refractivity contribution in [3.63, 3.8) is 0 Å². The van der Waals surface area contributed by atoms with Gasteiger partial charge in [0, 0.05) is 19.6 Å². The number of morpholine rings is 1. The summed E-state index contributed by atoms with van der Waals surface area (Å²) in [4.78, 5) is 25.0. The zero-order valence-corrected chi connectivity index (χ0v) is 16.1. The lowest BCUT2D eigenvalue weighted by atomic mass is 10.0. The standard InChI is InChI=1S/C15H23N3O5S2/c1-15(2,17-13(19)12-5-4-8-24-12)14(20)16-9-11-10-18(6-7-23-11)25(3,21)22/h4-5,8,11H,6-7,9-10H2,1-3H3,(H,16,20)(H,17,19)/t11-/m1/s1. The van der Waals surface area contributed by atoms with Crippen molar-refractivity contribution in [3.8, 4) is 0 Å². The lowest BCUT2D eigenvalue weighted by molar-refractivity contribution is -0.127. The highest BCUT2D eigenvalue weighted by Gasteiger charge is 2.32. The molecule has 1 aromatic heterocycles. The van der Waals surface area contributed by atoms with E-state index in [9.17, 15) is 18.0 Å². The van der Waals surface area contributed by atoms with Gasteiger partial charge in [-0.3, -0.25) is 9.59 Å². The smallest absolute Gasteiger partial charge is 0.262 e. The molecule has 1 fully saturated rings. The number of ether oxygens (including phenoxy) is 1. The first-order valence-corrected chi connectivity index (χ1v) is 10.5. The molecule has 1 aliphatic heterocycles. The summed E-state index contributed by atoms with van der Waals surface area (Å²) >= 11 is 1.30. The highest BCUT2D eigenvalue weighted by atomic mass is 32.2. The monoisotopic (exact) mass is 389 g/mol. The molecule has 1 saturated heterocycles. The fourth-order valence-corrected chi connectivity index (χ4v) is 3.82. The maximum Gasteiger partial charge on any atom is 0.262 e. The largest absolute Gasteiger partial charge is 0.374 e. The van der Waals surface area contributed by atoms with Crippen LogP contribution in [0.2, 0.25) is 0 Å². The Morgan fingerprint density at radius 3 is 2.76 bits per heavy atom. The first kappa shape index (κ1) is 19.8. The van der Waals surface area contributed by atoms with Gasteiger partial charge in [-0.15, -0.1) is 11.3 Å². The predicted octanol–water partition coefficient (Wildman–Crippen LogP) is 0.0331. The Bertz CT molecular complexity index is 716. The van der Waals surface area contributed by atoms with Crippen molar-refractivity contribution in [2.24, 2.45) is 0 Å². The van der Waals surface area contributed by atoms with Gasteiger partial charge < -0.3 is 15.4 Å². The van der Waals surface area contributed by atoms with E-state index in [1.807, 2.05) is 0 Å². The van der Waals surface area contributed by atoms with E-state index in [2.05, 4.69) is 10.6 Å². The minimum Gasteiger partial charge on any atom is -0.374 e. The van der Waals surface area contributed by atoms with Crippen LogP contribution in [0.4, 0.5) is 0 Å². The normalized spacial score (nSPS) is 19.4. The second-order valence-corrected chi connectivity index (χ2v) is 9.31. The van der Waals surface area contributed by atoms with Gasteiger partial charge in [0.25, 0.3) is 5.91 Å². The second kappa shape index (κ2) is 7.81. The van der Waals surface area contributed by atoms with E-state index < -0.39 is 21.7 Å². The van der Waals surface area contributed by atoms with Crippen LogP contribution in [0, 0.1) is 0 Å². The molecular weight excluding hydrogens is 366 g/mol. The maximum absolute atomic E-state index is 12.4. The molecule has 2 amide bonds. The molecule has 0 saturated carbocycles. The number of hydrogen-bond acceptors (Lipinski definition) is 6. The summed E-state index contributed by atoms with van der Waals surface area (Å²) in [7, 11) is -3.28. The molecule has 25 heavy (non-hydrogen) atoms. The molecule has 0 unspecified atom stereocenters. The summed E-state index contributed by atoms with van der Waals surface area (Å²) in [5.74, 6) is -0.676. The fraction of sp³-hybridized carbons (Fsp3) is 0.600. The van der Waals surface area contributed by atoms with Crippen LogP contribution >= 0.6 is 11.3 Å².